The van der Waals surface area contributed by atoms with Crippen LogP contribution in [-0.4, -0.2) is 9.55 Å². The Bertz CT molecular complexity index is 1750. The molecule has 0 fully saturated rings. The number of furan rings is 1. The predicted octanol–water partition coefficient (Wildman–Crippen LogP) is 7.81. The minimum absolute atomic E-state index is 0.887. The molecule has 0 N–H and O–H groups in total. The lowest BCUT2D eigenvalue weighted by Crippen LogP contribution is -1.97. The van der Waals surface area contributed by atoms with Gasteiger partial charge in [0.15, 0.2) is 0 Å². The van der Waals surface area contributed by atoms with E-state index in [4.69, 9.17) is 9.40 Å². The van der Waals surface area contributed by atoms with E-state index in [9.17, 15) is 0 Å². The van der Waals surface area contributed by atoms with Crippen molar-refractivity contribution in [2.24, 2.45) is 0 Å². The van der Waals surface area contributed by atoms with Crippen LogP contribution in [0.2, 0.25) is 0 Å². The lowest BCUT2D eigenvalue weighted by molar-refractivity contribution is 0.668. The molecule has 0 saturated carbocycles. The van der Waals surface area contributed by atoms with Gasteiger partial charge in [-0.25, -0.2) is 4.98 Å². The van der Waals surface area contributed by atoms with E-state index < -0.39 is 0 Å². The van der Waals surface area contributed by atoms with Crippen LogP contribution in [0.15, 0.2) is 101 Å². The SMILES string of the molecule is c1ccc2c(c1)nc(-c1csc3ccccc13)n2-c1ccc2c(c1)oc1ccccc12. The Labute approximate surface area is 181 Å². The third kappa shape index (κ3) is 2.43. The Morgan fingerprint density at radius 3 is 2.45 bits per heavy atom. The van der Waals surface area contributed by atoms with Gasteiger partial charge in [0, 0.05) is 37.9 Å². The van der Waals surface area contributed by atoms with E-state index in [0.717, 1.165) is 50.0 Å². The molecule has 4 heteroatoms. The molecule has 3 nitrogen and oxygen atoms in total. The highest BCUT2D eigenvalue weighted by Gasteiger charge is 2.18. The second kappa shape index (κ2) is 6.30. The quantitative estimate of drug-likeness (QED) is 0.288. The lowest BCUT2D eigenvalue weighted by atomic mass is 10.1. The Kier molecular flexibility index (Phi) is 3.43. The average molecular weight is 417 g/mol. The largest absolute Gasteiger partial charge is 0.456 e. The van der Waals surface area contributed by atoms with Crippen molar-refractivity contribution in [3.63, 3.8) is 0 Å². The second-order valence-electron chi connectivity index (χ2n) is 7.68. The minimum atomic E-state index is 0.887. The van der Waals surface area contributed by atoms with E-state index in [1.54, 1.807) is 11.3 Å². The molecular weight excluding hydrogens is 400 g/mol. The highest BCUT2D eigenvalue weighted by atomic mass is 32.1. The first-order valence-corrected chi connectivity index (χ1v) is 11.1. The van der Waals surface area contributed by atoms with Gasteiger partial charge < -0.3 is 4.42 Å². The van der Waals surface area contributed by atoms with E-state index in [1.807, 2.05) is 24.3 Å². The number of thiophene rings is 1. The summed E-state index contributed by atoms with van der Waals surface area (Å²) in [5.74, 6) is 0.953. The predicted molar refractivity (Wildman–Crippen MR) is 129 cm³/mol. The molecule has 0 aliphatic carbocycles. The van der Waals surface area contributed by atoms with Gasteiger partial charge in [-0.05, 0) is 36.4 Å². The van der Waals surface area contributed by atoms with Crippen molar-refractivity contribution in [3.8, 4) is 17.1 Å². The normalized spacial score (nSPS) is 11.9. The maximum atomic E-state index is 6.17. The number of para-hydroxylation sites is 3. The number of hydrogen-bond acceptors (Lipinski definition) is 3. The van der Waals surface area contributed by atoms with Gasteiger partial charge in [-0.3, -0.25) is 4.57 Å². The van der Waals surface area contributed by atoms with Crippen LogP contribution < -0.4 is 0 Å². The standard InChI is InChI=1S/C27H16N2OS/c1-5-11-24-18(7-1)19-14-13-17(15-25(19)30-24)29-23-10-4-3-9-22(23)28-27(29)21-16-31-26-12-6-2-8-20(21)26/h1-16H. The van der Waals surface area contributed by atoms with Gasteiger partial charge in [-0.2, -0.15) is 0 Å². The number of nitrogens with zero attached hydrogens (tertiary/aromatic N) is 2. The maximum absolute atomic E-state index is 6.17. The summed E-state index contributed by atoms with van der Waals surface area (Å²) in [5, 5.41) is 5.71. The van der Waals surface area contributed by atoms with Crippen molar-refractivity contribution in [3.05, 3.63) is 96.4 Å². The summed E-state index contributed by atoms with van der Waals surface area (Å²) in [4.78, 5) is 5.04. The smallest absolute Gasteiger partial charge is 0.147 e. The highest BCUT2D eigenvalue weighted by molar-refractivity contribution is 7.17. The van der Waals surface area contributed by atoms with Crippen molar-refractivity contribution in [1.29, 1.82) is 0 Å². The number of fused-ring (bicyclic) bond motifs is 5. The number of hydrogen-bond donors (Lipinski definition) is 0. The molecule has 146 valence electrons. The molecule has 4 aromatic carbocycles. The van der Waals surface area contributed by atoms with Gasteiger partial charge in [0.2, 0.25) is 0 Å². The van der Waals surface area contributed by atoms with Gasteiger partial charge in [-0.1, -0.05) is 48.5 Å². The first-order chi connectivity index (χ1) is 15.4. The van der Waals surface area contributed by atoms with E-state index in [0.29, 0.717) is 0 Å². The summed E-state index contributed by atoms with van der Waals surface area (Å²) < 4.78 is 9.69. The molecule has 0 aliphatic heterocycles. The van der Waals surface area contributed by atoms with Gasteiger partial charge in [0.05, 0.1) is 16.7 Å². The molecule has 0 radical (unpaired) electrons. The fourth-order valence-electron chi connectivity index (χ4n) is 4.47. The minimum Gasteiger partial charge on any atom is -0.456 e. The van der Waals surface area contributed by atoms with Crippen molar-refractivity contribution in [2.45, 2.75) is 0 Å². The van der Waals surface area contributed by atoms with Gasteiger partial charge in [0.25, 0.3) is 0 Å². The highest BCUT2D eigenvalue weighted by Crippen LogP contribution is 2.38. The third-order valence-corrected chi connectivity index (χ3v) is 6.87. The molecule has 0 aliphatic rings. The van der Waals surface area contributed by atoms with Gasteiger partial charge in [0.1, 0.15) is 17.0 Å². The molecule has 0 unspecified atom stereocenters. The molecule has 7 aromatic rings. The van der Waals surface area contributed by atoms with Gasteiger partial charge in [-0.15, -0.1) is 11.3 Å². The van der Waals surface area contributed by atoms with E-state index in [2.05, 4.69) is 76.7 Å². The topological polar surface area (TPSA) is 31.0 Å². The third-order valence-electron chi connectivity index (χ3n) is 5.90. The lowest BCUT2D eigenvalue weighted by Gasteiger charge is -2.09. The zero-order chi connectivity index (χ0) is 20.4. The summed E-state index contributed by atoms with van der Waals surface area (Å²) in [5.41, 5.74) is 6.07. The molecule has 0 amide bonds. The zero-order valence-electron chi connectivity index (χ0n) is 16.4. The molecule has 31 heavy (non-hydrogen) atoms. The first kappa shape index (κ1) is 16.9. The van der Waals surface area contributed by atoms with Crippen molar-refractivity contribution >= 4 is 54.4 Å². The molecule has 0 bridgehead atoms. The van der Waals surface area contributed by atoms with Crippen LogP contribution in [0.3, 0.4) is 0 Å². The van der Waals surface area contributed by atoms with Crippen molar-refractivity contribution < 1.29 is 4.42 Å². The first-order valence-electron chi connectivity index (χ1n) is 10.2. The molecule has 0 saturated heterocycles. The fraction of sp³-hybridized carbons (Fsp3) is 0. The van der Waals surface area contributed by atoms with Crippen LogP contribution in [0.5, 0.6) is 0 Å². The molecule has 0 spiro atoms. The van der Waals surface area contributed by atoms with Crippen molar-refractivity contribution in [2.75, 3.05) is 0 Å². The maximum Gasteiger partial charge on any atom is 0.147 e. The second-order valence-corrected chi connectivity index (χ2v) is 8.59. The van der Waals surface area contributed by atoms with Crippen LogP contribution in [0.4, 0.5) is 0 Å². The Hall–Kier alpha value is -3.89. The number of imidazole rings is 1. The average Bonchev–Trinajstić information content (AvgIpc) is 3.51. The Morgan fingerprint density at radius 2 is 1.48 bits per heavy atom. The molecular formula is C27H16N2OS. The van der Waals surface area contributed by atoms with E-state index in [-0.39, 0.29) is 0 Å². The zero-order valence-corrected chi connectivity index (χ0v) is 17.3. The summed E-state index contributed by atoms with van der Waals surface area (Å²) in [6, 6.07) is 31.4. The van der Waals surface area contributed by atoms with Gasteiger partial charge >= 0.3 is 0 Å². The molecule has 0 atom stereocenters. The molecule has 7 rings (SSSR count). The fourth-order valence-corrected chi connectivity index (χ4v) is 5.41. The summed E-state index contributed by atoms with van der Waals surface area (Å²) >= 11 is 1.76. The van der Waals surface area contributed by atoms with E-state index >= 15 is 0 Å². The summed E-state index contributed by atoms with van der Waals surface area (Å²) in [7, 11) is 0. The van der Waals surface area contributed by atoms with E-state index in [1.165, 1.54) is 10.1 Å². The van der Waals surface area contributed by atoms with Crippen LogP contribution in [-0.2, 0) is 0 Å². The van der Waals surface area contributed by atoms with Crippen molar-refractivity contribution in [1.82, 2.24) is 9.55 Å². The van der Waals surface area contributed by atoms with Crippen LogP contribution in [0.25, 0.3) is 60.1 Å². The Morgan fingerprint density at radius 1 is 0.710 bits per heavy atom. The number of benzene rings is 4. The van der Waals surface area contributed by atoms with Crippen LogP contribution in [0, 0.1) is 0 Å². The summed E-state index contributed by atoms with van der Waals surface area (Å²) in [6.45, 7) is 0. The monoisotopic (exact) mass is 416 g/mol. The summed E-state index contributed by atoms with van der Waals surface area (Å²) in [6.07, 6.45) is 0. The number of rotatable bonds is 2. The molecule has 3 heterocycles. The van der Waals surface area contributed by atoms with Crippen LogP contribution >= 0.6 is 11.3 Å². The van der Waals surface area contributed by atoms with Crippen LogP contribution in [0.1, 0.15) is 0 Å². The molecule has 3 aromatic heterocycles. The number of aromatic nitrogens is 2. The Balaban J connectivity index is 1.55.